The number of benzene rings is 1. The van der Waals surface area contributed by atoms with E-state index in [0.29, 0.717) is 37.0 Å². The molecule has 0 aliphatic carbocycles. The van der Waals surface area contributed by atoms with Crippen LogP contribution in [-0.4, -0.2) is 45.8 Å². The van der Waals surface area contributed by atoms with Crippen molar-refractivity contribution in [3.05, 3.63) is 77.6 Å². The van der Waals surface area contributed by atoms with Gasteiger partial charge in [0, 0.05) is 31.2 Å². The molecule has 0 bridgehead atoms. The first kappa shape index (κ1) is 33.9. The third-order valence-electron chi connectivity index (χ3n) is 5.73. The minimum Gasteiger partial charge on any atom is -0.467 e. The van der Waals surface area contributed by atoms with Crippen LogP contribution >= 0.6 is 24.8 Å². The summed E-state index contributed by atoms with van der Waals surface area (Å²) >= 11 is 0. The van der Waals surface area contributed by atoms with Crippen molar-refractivity contribution in [3.63, 3.8) is 0 Å². The monoisotopic (exact) mass is 578 g/mol. The average Bonchev–Trinajstić information content (AvgIpc) is 3.39. The zero-order valence-electron chi connectivity index (χ0n) is 23.1. The maximum Gasteiger partial charge on any atom is 0.259 e. The Hall–Kier alpha value is -3.14. The lowest BCUT2D eigenvalue weighted by molar-refractivity contribution is -0.125. The number of nitrogens with one attached hydrogen (secondary N) is 2. The number of halogens is 2. The van der Waals surface area contributed by atoms with Crippen LogP contribution in [0.25, 0.3) is 0 Å². The first-order valence-corrected chi connectivity index (χ1v) is 12.6. The predicted octanol–water partition coefficient (Wildman–Crippen LogP) is 4.56. The highest BCUT2D eigenvalue weighted by Gasteiger charge is 2.32. The summed E-state index contributed by atoms with van der Waals surface area (Å²) in [5, 5.41) is 6.15. The van der Waals surface area contributed by atoms with Gasteiger partial charge < -0.3 is 25.7 Å². The molecule has 0 aliphatic rings. The van der Waals surface area contributed by atoms with E-state index >= 15 is 0 Å². The number of hydrogen-bond donors (Lipinski definition) is 3. The maximum atomic E-state index is 13.9. The molecule has 2 aromatic heterocycles. The zero-order valence-corrected chi connectivity index (χ0v) is 24.8. The molecule has 214 valence electrons. The second kappa shape index (κ2) is 15.5. The number of nitrogens with two attached hydrogens (primary N) is 1. The largest absolute Gasteiger partial charge is 0.467 e. The van der Waals surface area contributed by atoms with Crippen molar-refractivity contribution in [3.8, 4) is 0 Å². The third kappa shape index (κ3) is 9.53. The summed E-state index contributed by atoms with van der Waals surface area (Å²) in [5.74, 6) is 1.12. The lowest BCUT2D eigenvalue weighted by Gasteiger charge is -2.32. The Labute approximate surface area is 243 Å². The highest BCUT2D eigenvalue weighted by Crippen LogP contribution is 2.24. The second-order valence-corrected chi connectivity index (χ2v) is 10.4. The van der Waals surface area contributed by atoms with Crippen LogP contribution in [0, 0.1) is 5.92 Å². The molecular formula is C28H40Cl2N6O3. The molecule has 0 spiro atoms. The van der Waals surface area contributed by atoms with Crippen LogP contribution in [0.1, 0.15) is 62.1 Å². The summed E-state index contributed by atoms with van der Waals surface area (Å²) in [7, 11) is 0. The lowest BCUT2D eigenvalue weighted by atomic mass is 9.95. The molecule has 2 amide bonds. The molecule has 0 saturated carbocycles. The molecule has 1 aromatic carbocycles. The number of carbonyl (C=O) groups excluding carboxylic acids is 2. The molecular weight excluding hydrogens is 539 g/mol. The molecule has 0 saturated heterocycles. The number of anilines is 1. The quantitative estimate of drug-likeness (QED) is 0.304. The van der Waals surface area contributed by atoms with Crippen molar-refractivity contribution in [1.82, 2.24) is 20.2 Å². The van der Waals surface area contributed by atoms with Gasteiger partial charge in [-0.15, -0.1) is 24.8 Å². The number of aromatic nitrogens is 2. The van der Waals surface area contributed by atoms with Gasteiger partial charge in [0.2, 0.25) is 5.91 Å². The van der Waals surface area contributed by atoms with Gasteiger partial charge in [-0.2, -0.15) is 0 Å². The summed E-state index contributed by atoms with van der Waals surface area (Å²) in [4.78, 5) is 37.9. The van der Waals surface area contributed by atoms with Gasteiger partial charge in [-0.05, 0) is 23.6 Å². The van der Waals surface area contributed by atoms with Crippen LogP contribution < -0.4 is 16.4 Å². The van der Waals surface area contributed by atoms with E-state index in [-0.39, 0.29) is 60.1 Å². The van der Waals surface area contributed by atoms with Gasteiger partial charge in [0.1, 0.15) is 29.0 Å². The van der Waals surface area contributed by atoms with E-state index in [2.05, 4.69) is 20.6 Å². The number of rotatable bonds is 11. The molecule has 3 aromatic rings. The molecule has 9 nitrogen and oxygen atoms in total. The van der Waals surface area contributed by atoms with Gasteiger partial charge in [-0.1, -0.05) is 65.0 Å². The van der Waals surface area contributed by atoms with E-state index in [0.717, 1.165) is 5.56 Å². The van der Waals surface area contributed by atoms with Crippen LogP contribution in [0.3, 0.4) is 0 Å². The number of hydrogen-bond acceptors (Lipinski definition) is 7. The van der Waals surface area contributed by atoms with Gasteiger partial charge in [-0.25, -0.2) is 9.97 Å². The van der Waals surface area contributed by atoms with Crippen LogP contribution in [0.4, 0.5) is 5.82 Å². The Morgan fingerprint density at radius 2 is 1.74 bits per heavy atom. The SMILES string of the molecule is CC(C)CN(C(=O)c1cnc(C(C)(C)C)nc1NCc1ccco1)[C@@H](CN)C(=O)NCc1ccccc1.Cl.Cl. The molecule has 0 radical (unpaired) electrons. The van der Waals surface area contributed by atoms with E-state index in [1.54, 1.807) is 12.3 Å². The first-order valence-electron chi connectivity index (χ1n) is 12.6. The summed E-state index contributed by atoms with van der Waals surface area (Å²) < 4.78 is 5.43. The smallest absolute Gasteiger partial charge is 0.259 e. The average molecular weight is 580 g/mol. The van der Waals surface area contributed by atoms with Crippen LogP contribution in [0.2, 0.25) is 0 Å². The Morgan fingerprint density at radius 3 is 2.31 bits per heavy atom. The molecule has 39 heavy (non-hydrogen) atoms. The van der Waals surface area contributed by atoms with Crippen molar-refractivity contribution >= 4 is 42.4 Å². The van der Waals surface area contributed by atoms with Crippen LogP contribution in [-0.2, 0) is 23.3 Å². The Kier molecular flexibility index (Phi) is 13.4. The molecule has 2 heterocycles. The van der Waals surface area contributed by atoms with Gasteiger partial charge in [0.05, 0.1) is 12.8 Å². The maximum absolute atomic E-state index is 13.9. The van der Waals surface area contributed by atoms with Crippen LogP contribution in [0.5, 0.6) is 0 Å². The minimum atomic E-state index is -0.848. The molecule has 0 unspecified atom stereocenters. The topological polar surface area (TPSA) is 126 Å². The lowest BCUT2D eigenvalue weighted by Crippen LogP contribution is -2.54. The number of amides is 2. The summed E-state index contributed by atoms with van der Waals surface area (Å²) in [6, 6.07) is 12.4. The van der Waals surface area contributed by atoms with Gasteiger partial charge in [-0.3, -0.25) is 9.59 Å². The number of furan rings is 1. The van der Waals surface area contributed by atoms with Gasteiger partial charge in [0.15, 0.2) is 0 Å². The Morgan fingerprint density at radius 1 is 1.05 bits per heavy atom. The van der Waals surface area contributed by atoms with E-state index < -0.39 is 6.04 Å². The third-order valence-corrected chi connectivity index (χ3v) is 5.73. The molecule has 11 heteroatoms. The van der Waals surface area contributed by atoms with Crippen molar-refractivity contribution in [2.24, 2.45) is 11.7 Å². The van der Waals surface area contributed by atoms with Crippen molar-refractivity contribution in [2.75, 3.05) is 18.4 Å². The molecule has 0 aliphatic heterocycles. The van der Waals surface area contributed by atoms with Crippen molar-refractivity contribution < 1.29 is 14.0 Å². The van der Waals surface area contributed by atoms with Crippen molar-refractivity contribution in [1.29, 1.82) is 0 Å². The fourth-order valence-electron chi connectivity index (χ4n) is 3.80. The summed E-state index contributed by atoms with van der Waals surface area (Å²) in [6.07, 6.45) is 3.12. The van der Waals surface area contributed by atoms with Gasteiger partial charge >= 0.3 is 0 Å². The fourth-order valence-corrected chi connectivity index (χ4v) is 3.80. The Balaban J connectivity index is 0.00000380. The molecule has 3 rings (SSSR count). The highest BCUT2D eigenvalue weighted by atomic mass is 35.5. The highest BCUT2D eigenvalue weighted by molar-refractivity contribution is 6.01. The fraction of sp³-hybridized carbons (Fsp3) is 0.429. The molecule has 0 fully saturated rings. The van der Waals surface area contributed by atoms with Crippen molar-refractivity contribution in [2.45, 2.75) is 59.2 Å². The van der Waals surface area contributed by atoms with E-state index in [9.17, 15) is 9.59 Å². The van der Waals surface area contributed by atoms with Gasteiger partial charge in [0.25, 0.3) is 5.91 Å². The van der Waals surface area contributed by atoms with Crippen LogP contribution in [0.15, 0.2) is 59.3 Å². The predicted molar refractivity (Wildman–Crippen MR) is 158 cm³/mol. The second-order valence-electron chi connectivity index (χ2n) is 10.4. The number of carbonyl (C=O) groups is 2. The Bertz CT molecular complexity index is 1170. The normalized spacial score (nSPS) is 11.7. The van der Waals surface area contributed by atoms with E-state index in [1.807, 2.05) is 71.0 Å². The first-order chi connectivity index (χ1) is 17.6. The van der Waals surface area contributed by atoms with E-state index in [4.69, 9.17) is 10.2 Å². The summed E-state index contributed by atoms with van der Waals surface area (Å²) in [6.45, 7) is 11.0. The minimum absolute atomic E-state index is 0. The standard InChI is InChI=1S/C28H38N6O3.2ClH/c1-19(2)18-34(23(14-29)25(35)31-15-20-10-7-6-8-11-20)26(36)22-17-32-27(28(3,4)5)33-24(22)30-16-21-12-9-13-37-21;;/h6-13,17,19,23H,14-16,18,29H2,1-5H3,(H,31,35)(H,30,32,33);2*1H/t23-;;/m0../s1. The van der Waals surface area contributed by atoms with E-state index in [1.165, 1.54) is 11.1 Å². The zero-order chi connectivity index (χ0) is 27.0. The molecule has 4 N–H and O–H groups in total. The summed E-state index contributed by atoms with van der Waals surface area (Å²) in [5.41, 5.74) is 6.98. The molecule has 1 atom stereocenters. The number of nitrogens with zero attached hydrogens (tertiary/aromatic N) is 3.